The van der Waals surface area contributed by atoms with Gasteiger partial charge in [0.15, 0.2) is 0 Å². The largest absolute Gasteiger partial charge is 4.00 e. The summed E-state index contributed by atoms with van der Waals surface area (Å²) < 4.78 is 0. The van der Waals surface area contributed by atoms with Crippen molar-refractivity contribution in [2.45, 2.75) is 71.4 Å². The van der Waals surface area contributed by atoms with Crippen LogP contribution in [0.4, 0.5) is 0 Å². The quantitative estimate of drug-likeness (QED) is 0.301. The number of rotatable bonds is 8. The standard InChI is InChI=1S/C10H21NO.C9H7.C2H6Si.2ClH.Zr/c1-2-3-4-5-6-7-8-9-10(11)12;1-2-5-9-7-3-6-8(9)4-1;1-3-2;;;/h2-9H2,1H3,(H2,11,12);1-7H;1-2H3;2*1H;/q;-1;;;;+4/p-3. The van der Waals surface area contributed by atoms with Crippen molar-refractivity contribution in [2.24, 2.45) is 0 Å². The summed E-state index contributed by atoms with van der Waals surface area (Å²) in [4.78, 5) is 10.2. The van der Waals surface area contributed by atoms with Crippen LogP contribution in [0.1, 0.15) is 58.3 Å². The topological polar surface area (TPSA) is 40.9 Å². The summed E-state index contributed by atoms with van der Waals surface area (Å²) in [5, 5.41) is 2.66. The Labute approximate surface area is 200 Å². The molecular formula is C21H33Cl2NOSiZr. The van der Waals surface area contributed by atoms with Gasteiger partial charge in [-0.25, -0.2) is 0 Å². The third kappa shape index (κ3) is 22.1. The molecule has 0 aromatic heterocycles. The predicted octanol–water partition coefficient (Wildman–Crippen LogP) is 1.06. The normalized spacial score (nSPS) is 8.56. The van der Waals surface area contributed by atoms with Gasteiger partial charge in [0.05, 0.1) is 0 Å². The van der Waals surface area contributed by atoms with Crippen molar-refractivity contribution in [3.63, 3.8) is 0 Å². The van der Waals surface area contributed by atoms with Gasteiger partial charge < -0.3 is 35.3 Å². The van der Waals surface area contributed by atoms with E-state index in [1.807, 2.05) is 0 Å². The molecule has 1 amide bonds. The summed E-state index contributed by atoms with van der Waals surface area (Å²) in [6.07, 6.45) is 8.94. The first-order chi connectivity index (χ1) is 11.7. The molecule has 2 aromatic carbocycles. The van der Waals surface area contributed by atoms with Crippen LogP contribution < -0.4 is 24.8 Å². The molecule has 0 aliphatic carbocycles. The smallest absolute Gasteiger partial charge is 1.00 e. The van der Waals surface area contributed by atoms with Crippen LogP contribution in [0.15, 0.2) is 42.5 Å². The van der Waals surface area contributed by atoms with Gasteiger partial charge in [-0.3, -0.25) is 0 Å². The molecule has 150 valence electrons. The Balaban J connectivity index is -0.000000158. The fourth-order valence-corrected chi connectivity index (χ4v) is 2.31. The van der Waals surface area contributed by atoms with Crippen molar-refractivity contribution in [1.82, 2.24) is 0 Å². The van der Waals surface area contributed by atoms with E-state index in [0.717, 1.165) is 22.4 Å². The third-order valence-electron chi connectivity index (χ3n) is 3.55. The van der Waals surface area contributed by atoms with Gasteiger partial charge in [0.1, 0.15) is 0 Å². The molecule has 0 bridgehead atoms. The van der Waals surface area contributed by atoms with Gasteiger partial charge in [-0.15, -0.1) is 29.7 Å². The molecule has 0 unspecified atom stereocenters. The second kappa shape index (κ2) is 26.0. The minimum atomic E-state index is -0.413. The van der Waals surface area contributed by atoms with E-state index in [0.29, 0.717) is 6.42 Å². The number of hydrogen-bond acceptors (Lipinski definition) is 1. The van der Waals surface area contributed by atoms with Crippen LogP contribution in [0.2, 0.25) is 13.1 Å². The fourth-order valence-electron chi connectivity index (χ4n) is 2.31. The molecule has 2 nitrogen and oxygen atoms in total. The Morgan fingerprint density at radius 2 is 1.48 bits per heavy atom. The molecule has 2 radical (unpaired) electrons. The molecule has 27 heavy (non-hydrogen) atoms. The van der Waals surface area contributed by atoms with Crippen molar-refractivity contribution in [2.75, 3.05) is 0 Å². The van der Waals surface area contributed by atoms with Crippen LogP contribution in [0.3, 0.4) is 0 Å². The van der Waals surface area contributed by atoms with Crippen LogP contribution in [0, 0.1) is 0 Å². The maximum Gasteiger partial charge on any atom is 4.00 e. The monoisotopic (exact) mass is 503 g/mol. The number of unbranched alkanes of at least 4 members (excludes halogenated alkanes) is 6. The van der Waals surface area contributed by atoms with E-state index in [2.05, 4.69) is 62.5 Å². The number of amides is 1. The van der Waals surface area contributed by atoms with Gasteiger partial charge in [-0.1, -0.05) is 64.6 Å². The number of carbonyl (C=O) groups excluding carboxylic acids is 1. The summed E-state index contributed by atoms with van der Waals surface area (Å²) in [5.74, 6) is -0.413. The van der Waals surface area contributed by atoms with Crippen molar-refractivity contribution in [3.8, 4) is 0 Å². The Kier molecular flexibility index (Phi) is 33.2. The SMILES string of the molecule is CCCCCCCCCC([NH-])=O.C[Si]C.[Cl-].[Cl-].[Zr+4].c1ccc2[cH-]ccc2c1. The average molecular weight is 506 g/mol. The number of carbonyl (C=O) groups is 1. The van der Waals surface area contributed by atoms with E-state index in [4.69, 9.17) is 5.73 Å². The van der Waals surface area contributed by atoms with Crippen LogP contribution in [-0.2, 0) is 31.0 Å². The molecule has 2 aromatic rings. The number of benzene rings is 1. The number of halogens is 2. The van der Waals surface area contributed by atoms with Crippen molar-refractivity contribution in [1.29, 1.82) is 0 Å². The first-order valence-corrected chi connectivity index (χ1v) is 11.1. The van der Waals surface area contributed by atoms with E-state index in [1.54, 1.807) is 0 Å². The average Bonchev–Trinajstić information content (AvgIpc) is 3.04. The molecule has 0 atom stereocenters. The van der Waals surface area contributed by atoms with Crippen molar-refractivity contribution in [3.05, 3.63) is 48.2 Å². The minimum Gasteiger partial charge on any atom is -1.00 e. The summed E-state index contributed by atoms with van der Waals surface area (Å²) in [5.41, 5.74) is 6.69. The molecule has 0 saturated carbocycles. The second-order valence-electron chi connectivity index (χ2n) is 5.95. The zero-order chi connectivity index (χ0) is 18.0. The van der Waals surface area contributed by atoms with Gasteiger partial charge in [-0.2, -0.15) is 17.5 Å². The fraction of sp³-hybridized carbons (Fsp3) is 0.524. The number of nitrogens with one attached hydrogen (secondary N) is 1. The molecule has 0 aliphatic rings. The molecule has 6 heteroatoms. The molecule has 1 N–H and O–H groups in total. The molecule has 0 aliphatic heterocycles. The second-order valence-corrected chi connectivity index (χ2v) is 6.95. The first-order valence-electron chi connectivity index (χ1n) is 9.09. The van der Waals surface area contributed by atoms with Gasteiger partial charge >= 0.3 is 26.2 Å². The Morgan fingerprint density at radius 1 is 0.963 bits per heavy atom. The minimum absolute atomic E-state index is 0. The molecule has 0 heterocycles. The van der Waals surface area contributed by atoms with E-state index < -0.39 is 5.91 Å². The van der Waals surface area contributed by atoms with Crippen molar-refractivity contribution < 1.29 is 55.8 Å². The molecule has 0 spiro atoms. The van der Waals surface area contributed by atoms with Crippen LogP contribution >= 0.6 is 0 Å². The zero-order valence-electron chi connectivity index (χ0n) is 16.9. The third-order valence-corrected chi connectivity index (χ3v) is 3.55. The predicted molar refractivity (Wildman–Crippen MR) is 109 cm³/mol. The summed E-state index contributed by atoms with van der Waals surface area (Å²) in [7, 11) is 1.08. The summed E-state index contributed by atoms with van der Waals surface area (Å²) in [6.45, 7) is 6.51. The van der Waals surface area contributed by atoms with Crippen LogP contribution in [-0.4, -0.2) is 15.4 Å². The number of fused-ring (bicyclic) bond motifs is 1. The van der Waals surface area contributed by atoms with Gasteiger partial charge in [0.2, 0.25) is 0 Å². The Hall–Kier alpha value is -0.0200. The van der Waals surface area contributed by atoms with Crippen molar-refractivity contribution >= 4 is 26.2 Å². The summed E-state index contributed by atoms with van der Waals surface area (Å²) >= 11 is 0. The van der Waals surface area contributed by atoms with Gasteiger partial charge in [0, 0.05) is 15.4 Å². The Morgan fingerprint density at radius 3 is 2.00 bits per heavy atom. The van der Waals surface area contributed by atoms with E-state index in [9.17, 15) is 4.79 Å². The molecule has 0 saturated heterocycles. The van der Waals surface area contributed by atoms with Gasteiger partial charge in [-0.05, 0) is 12.8 Å². The zero-order valence-corrected chi connectivity index (χ0v) is 21.8. The van der Waals surface area contributed by atoms with Gasteiger partial charge in [0.25, 0.3) is 0 Å². The Bertz CT molecular complexity index is 507. The summed E-state index contributed by atoms with van der Waals surface area (Å²) in [6, 6.07) is 14.7. The van der Waals surface area contributed by atoms with Crippen LogP contribution in [0.5, 0.6) is 0 Å². The molecule has 0 fully saturated rings. The van der Waals surface area contributed by atoms with E-state index >= 15 is 0 Å². The number of hydrogen-bond donors (Lipinski definition) is 0. The molecular weight excluding hydrogens is 472 g/mol. The van der Waals surface area contributed by atoms with E-state index in [1.165, 1.54) is 42.9 Å². The maximum atomic E-state index is 10.2. The van der Waals surface area contributed by atoms with Crippen LogP contribution in [0.25, 0.3) is 16.5 Å². The first kappa shape index (κ1) is 34.5. The molecule has 2 rings (SSSR count). The van der Waals surface area contributed by atoms with E-state index in [-0.39, 0.29) is 51.0 Å². The maximum absolute atomic E-state index is 10.2.